The molecule has 0 saturated heterocycles. The number of hydrogen-bond acceptors (Lipinski definition) is 2. The number of aryl methyl sites for hydroxylation is 1. The van der Waals surface area contributed by atoms with Gasteiger partial charge in [0, 0.05) is 6.20 Å². The van der Waals surface area contributed by atoms with Gasteiger partial charge in [0.1, 0.15) is 5.75 Å². The molecule has 0 amide bonds. The van der Waals surface area contributed by atoms with Gasteiger partial charge in [0.25, 0.3) is 0 Å². The lowest BCUT2D eigenvalue weighted by Gasteiger charge is -2.06. The summed E-state index contributed by atoms with van der Waals surface area (Å²) in [6.07, 6.45) is 2.62. The number of pyridine rings is 1. The van der Waals surface area contributed by atoms with Crippen molar-refractivity contribution in [3.8, 4) is 5.75 Å². The second-order valence-electron chi connectivity index (χ2n) is 3.24. The average Bonchev–Trinajstić information content (AvgIpc) is 2.04. The highest BCUT2D eigenvalue weighted by molar-refractivity contribution is 5.31. The normalized spacial score (nSPS) is 10.7. The fraction of sp³-hybridized carbons (Fsp3) is 0.500. The summed E-state index contributed by atoms with van der Waals surface area (Å²) in [7, 11) is 0. The molecule has 0 aromatic carbocycles. The quantitative estimate of drug-likeness (QED) is 0.730. The van der Waals surface area contributed by atoms with Crippen LogP contribution in [0.25, 0.3) is 0 Å². The lowest BCUT2D eigenvalue weighted by Crippen LogP contribution is -1.93. The molecule has 0 bridgehead atoms. The minimum absolute atomic E-state index is 0.323. The van der Waals surface area contributed by atoms with Gasteiger partial charge in [-0.15, -0.1) is 0 Å². The van der Waals surface area contributed by atoms with E-state index in [1.54, 1.807) is 6.07 Å². The van der Waals surface area contributed by atoms with Gasteiger partial charge < -0.3 is 5.11 Å². The molecular weight excluding hydrogens is 150 g/mol. The van der Waals surface area contributed by atoms with Crippen molar-refractivity contribution in [3.63, 3.8) is 0 Å². The van der Waals surface area contributed by atoms with Crippen molar-refractivity contribution >= 4 is 0 Å². The van der Waals surface area contributed by atoms with Gasteiger partial charge in [-0.2, -0.15) is 0 Å². The monoisotopic (exact) mass is 165 g/mol. The zero-order valence-electron chi connectivity index (χ0n) is 7.83. The summed E-state index contributed by atoms with van der Waals surface area (Å²) in [6, 6.07) is 1.80. The Bertz CT molecular complexity index is 269. The molecule has 0 aliphatic rings. The Balaban J connectivity index is 3.02. The van der Waals surface area contributed by atoms with Gasteiger partial charge in [-0.3, -0.25) is 4.98 Å². The molecule has 1 aromatic rings. The van der Waals surface area contributed by atoms with E-state index >= 15 is 0 Å². The van der Waals surface area contributed by atoms with E-state index in [0.29, 0.717) is 11.7 Å². The van der Waals surface area contributed by atoms with Gasteiger partial charge in [-0.1, -0.05) is 20.8 Å². The Kier molecular flexibility index (Phi) is 2.69. The SMILES string of the molecule is CCc1ncc(C(C)C)cc1O. The van der Waals surface area contributed by atoms with Crippen LogP contribution < -0.4 is 0 Å². The zero-order chi connectivity index (χ0) is 9.14. The summed E-state index contributed by atoms with van der Waals surface area (Å²) in [5, 5.41) is 9.48. The maximum atomic E-state index is 9.48. The second kappa shape index (κ2) is 3.57. The Morgan fingerprint density at radius 3 is 2.58 bits per heavy atom. The van der Waals surface area contributed by atoms with Crippen molar-refractivity contribution in [1.82, 2.24) is 4.98 Å². The number of aromatic hydroxyl groups is 1. The third-order valence-electron chi connectivity index (χ3n) is 1.97. The summed E-state index contributed by atoms with van der Waals surface area (Å²) >= 11 is 0. The molecule has 0 aliphatic heterocycles. The highest BCUT2D eigenvalue weighted by Crippen LogP contribution is 2.21. The Morgan fingerprint density at radius 2 is 2.17 bits per heavy atom. The predicted octanol–water partition coefficient (Wildman–Crippen LogP) is 2.47. The minimum Gasteiger partial charge on any atom is -0.506 e. The van der Waals surface area contributed by atoms with Crippen LogP contribution in [0.5, 0.6) is 5.75 Å². The van der Waals surface area contributed by atoms with Crippen molar-refractivity contribution in [1.29, 1.82) is 0 Å². The first-order chi connectivity index (χ1) is 5.65. The molecule has 0 fully saturated rings. The van der Waals surface area contributed by atoms with Crippen molar-refractivity contribution < 1.29 is 5.11 Å². The van der Waals surface area contributed by atoms with Crippen LogP contribution in [0.1, 0.15) is 37.9 Å². The van der Waals surface area contributed by atoms with Crippen LogP contribution in [0, 0.1) is 0 Å². The molecule has 0 spiro atoms. The number of aromatic nitrogens is 1. The van der Waals surface area contributed by atoms with Crippen LogP contribution in [-0.4, -0.2) is 10.1 Å². The van der Waals surface area contributed by atoms with Crippen LogP contribution in [0.15, 0.2) is 12.3 Å². The first-order valence-corrected chi connectivity index (χ1v) is 4.33. The lowest BCUT2D eigenvalue weighted by atomic mass is 10.0. The Labute approximate surface area is 73.3 Å². The van der Waals surface area contributed by atoms with E-state index in [1.807, 2.05) is 13.1 Å². The topological polar surface area (TPSA) is 33.1 Å². The van der Waals surface area contributed by atoms with E-state index in [1.165, 1.54) is 0 Å². The molecule has 12 heavy (non-hydrogen) atoms. The van der Waals surface area contributed by atoms with E-state index in [-0.39, 0.29) is 0 Å². The molecule has 2 nitrogen and oxygen atoms in total. The highest BCUT2D eigenvalue weighted by atomic mass is 16.3. The fourth-order valence-corrected chi connectivity index (χ4v) is 1.09. The maximum Gasteiger partial charge on any atom is 0.137 e. The van der Waals surface area contributed by atoms with E-state index < -0.39 is 0 Å². The standard InChI is InChI=1S/C10H15NO/c1-4-9-10(12)5-8(6-11-9)7(2)3/h5-7,12H,4H2,1-3H3. The largest absolute Gasteiger partial charge is 0.506 e. The molecule has 66 valence electrons. The second-order valence-corrected chi connectivity index (χ2v) is 3.24. The lowest BCUT2D eigenvalue weighted by molar-refractivity contribution is 0.463. The van der Waals surface area contributed by atoms with E-state index in [4.69, 9.17) is 0 Å². The van der Waals surface area contributed by atoms with E-state index in [9.17, 15) is 5.11 Å². The smallest absolute Gasteiger partial charge is 0.137 e. The van der Waals surface area contributed by atoms with Gasteiger partial charge in [0.2, 0.25) is 0 Å². The summed E-state index contributed by atoms with van der Waals surface area (Å²) in [5.41, 5.74) is 1.86. The van der Waals surface area contributed by atoms with Crippen molar-refractivity contribution in [2.24, 2.45) is 0 Å². The average molecular weight is 165 g/mol. The molecule has 1 heterocycles. The van der Waals surface area contributed by atoms with Crippen LogP contribution >= 0.6 is 0 Å². The molecule has 0 atom stereocenters. The zero-order valence-corrected chi connectivity index (χ0v) is 7.83. The predicted molar refractivity (Wildman–Crippen MR) is 49.4 cm³/mol. The molecule has 1 rings (SSSR count). The first-order valence-electron chi connectivity index (χ1n) is 4.33. The van der Waals surface area contributed by atoms with Gasteiger partial charge in [0.05, 0.1) is 5.69 Å². The molecule has 0 saturated carbocycles. The van der Waals surface area contributed by atoms with Crippen LogP contribution in [0.4, 0.5) is 0 Å². The van der Waals surface area contributed by atoms with Crippen LogP contribution in [0.3, 0.4) is 0 Å². The Hall–Kier alpha value is -1.05. The molecular formula is C10H15NO. The number of nitrogens with zero attached hydrogens (tertiary/aromatic N) is 1. The molecule has 0 aliphatic carbocycles. The van der Waals surface area contributed by atoms with E-state index in [0.717, 1.165) is 17.7 Å². The van der Waals surface area contributed by atoms with Crippen LogP contribution in [0.2, 0.25) is 0 Å². The van der Waals surface area contributed by atoms with Crippen LogP contribution in [-0.2, 0) is 6.42 Å². The minimum atomic E-state index is 0.323. The molecule has 0 unspecified atom stereocenters. The number of rotatable bonds is 2. The summed E-state index contributed by atoms with van der Waals surface area (Å²) in [4.78, 5) is 4.17. The van der Waals surface area contributed by atoms with Gasteiger partial charge in [-0.25, -0.2) is 0 Å². The van der Waals surface area contributed by atoms with Gasteiger partial charge in [-0.05, 0) is 24.0 Å². The molecule has 2 heteroatoms. The maximum absolute atomic E-state index is 9.48. The van der Waals surface area contributed by atoms with Crippen molar-refractivity contribution in [3.05, 3.63) is 23.5 Å². The highest BCUT2D eigenvalue weighted by Gasteiger charge is 2.04. The third kappa shape index (κ3) is 1.76. The van der Waals surface area contributed by atoms with Gasteiger partial charge in [0.15, 0.2) is 0 Å². The van der Waals surface area contributed by atoms with Crippen molar-refractivity contribution in [2.75, 3.05) is 0 Å². The molecule has 1 aromatic heterocycles. The first kappa shape index (κ1) is 9.04. The molecule has 1 N–H and O–H groups in total. The third-order valence-corrected chi connectivity index (χ3v) is 1.97. The van der Waals surface area contributed by atoms with E-state index in [2.05, 4.69) is 18.8 Å². The summed E-state index contributed by atoms with van der Waals surface area (Å²) in [5.74, 6) is 0.748. The fourth-order valence-electron chi connectivity index (χ4n) is 1.09. The number of hydrogen-bond donors (Lipinski definition) is 1. The Morgan fingerprint density at radius 1 is 1.50 bits per heavy atom. The summed E-state index contributed by atoms with van der Waals surface area (Å²) < 4.78 is 0. The molecule has 0 radical (unpaired) electrons. The summed E-state index contributed by atoms with van der Waals surface area (Å²) in [6.45, 7) is 6.15. The van der Waals surface area contributed by atoms with Crippen molar-refractivity contribution in [2.45, 2.75) is 33.1 Å². The van der Waals surface area contributed by atoms with Gasteiger partial charge >= 0.3 is 0 Å².